The summed E-state index contributed by atoms with van der Waals surface area (Å²) in [7, 11) is 3.98. The van der Waals surface area contributed by atoms with E-state index in [-0.39, 0.29) is 29.5 Å². The van der Waals surface area contributed by atoms with Crippen LogP contribution >= 0.6 is 0 Å². The molecule has 1 aromatic rings. The molecule has 1 aliphatic carbocycles. The molecule has 1 saturated heterocycles. The van der Waals surface area contributed by atoms with E-state index in [1.165, 1.54) is 12.1 Å². The van der Waals surface area contributed by atoms with E-state index in [2.05, 4.69) is 10.2 Å². The molecular formula is C25H34F3N3O4. The first-order valence-electron chi connectivity index (χ1n) is 11.9. The van der Waals surface area contributed by atoms with Crippen LogP contribution in [0.5, 0.6) is 0 Å². The van der Waals surface area contributed by atoms with Crippen molar-refractivity contribution in [1.29, 1.82) is 0 Å². The minimum Gasteiger partial charge on any atom is -0.481 e. The highest BCUT2D eigenvalue weighted by atomic mass is 19.4. The highest BCUT2D eigenvalue weighted by molar-refractivity contribution is 5.98. The molecule has 35 heavy (non-hydrogen) atoms. The highest BCUT2D eigenvalue weighted by Crippen LogP contribution is 2.40. The number of halogens is 3. The summed E-state index contributed by atoms with van der Waals surface area (Å²) in [6.45, 7) is 3.79. The maximum atomic E-state index is 13.3. The molecule has 0 spiro atoms. The summed E-state index contributed by atoms with van der Waals surface area (Å²) in [4.78, 5) is 41.6. The monoisotopic (exact) mass is 497 g/mol. The Bertz CT molecular complexity index is 964. The molecular weight excluding hydrogens is 463 g/mol. The Hall–Kier alpha value is -2.62. The van der Waals surface area contributed by atoms with Crippen LogP contribution < -0.4 is 5.32 Å². The van der Waals surface area contributed by atoms with Crippen molar-refractivity contribution in [3.63, 3.8) is 0 Å². The van der Waals surface area contributed by atoms with Crippen LogP contribution in [-0.4, -0.2) is 71.5 Å². The number of carboxylic acid groups (broad SMARTS) is 1. The van der Waals surface area contributed by atoms with Crippen LogP contribution in [0.1, 0.15) is 61.9 Å². The van der Waals surface area contributed by atoms with Gasteiger partial charge in [-0.05, 0) is 84.2 Å². The molecule has 1 aliphatic heterocycles. The van der Waals surface area contributed by atoms with Crippen molar-refractivity contribution in [3.8, 4) is 0 Å². The number of alkyl halides is 3. The van der Waals surface area contributed by atoms with E-state index >= 15 is 0 Å². The molecule has 2 amide bonds. The summed E-state index contributed by atoms with van der Waals surface area (Å²) in [6.07, 6.45) is -1.44. The number of aliphatic carboxylic acids is 1. The minimum atomic E-state index is -4.57. The number of likely N-dealkylation sites (tertiary alicyclic amines) is 1. The minimum absolute atomic E-state index is 0.0240. The van der Waals surface area contributed by atoms with Gasteiger partial charge in [0.2, 0.25) is 5.91 Å². The van der Waals surface area contributed by atoms with Gasteiger partial charge in [0.05, 0.1) is 11.0 Å². The van der Waals surface area contributed by atoms with Gasteiger partial charge < -0.3 is 20.2 Å². The van der Waals surface area contributed by atoms with Crippen molar-refractivity contribution >= 4 is 17.8 Å². The van der Waals surface area contributed by atoms with Gasteiger partial charge in [0.15, 0.2) is 0 Å². The van der Waals surface area contributed by atoms with Crippen molar-refractivity contribution < 1.29 is 32.7 Å². The van der Waals surface area contributed by atoms with Crippen LogP contribution in [0.3, 0.4) is 0 Å². The fourth-order valence-electron chi connectivity index (χ4n) is 5.31. The zero-order valence-electron chi connectivity index (χ0n) is 20.6. The molecule has 1 aromatic carbocycles. The van der Waals surface area contributed by atoms with Crippen LogP contribution in [0, 0.1) is 11.3 Å². The molecule has 1 unspecified atom stereocenters. The second-order valence-corrected chi connectivity index (χ2v) is 10.6. The lowest BCUT2D eigenvalue weighted by Crippen LogP contribution is -2.51. The maximum Gasteiger partial charge on any atom is 0.416 e. The van der Waals surface area contributed by atoms with Crippen molar-refractivity contribution in [2.75, 3.05) is 20.6 Å². The van der Waals surface area contributed by atoms with Crippen LogP contribution in [0.2, 0.25) is 0 Å². The van der Waals surface area contributed by atoms with E-state index in [0.29, 0.717) is 19.4 Å². The predicted octanol–water partition coefficient (Wildman–Crippen LogP) is 3.64. The highest BCUT2D eigenvalue weighted by Gasteiger charge is 2.45. The largest absolute Gasteiger partial charge is 0.481 e. The number of benzene rings is 1. The first-order chi connectivity index (χ1) is 16.2. The number of hydrogen-bond acceptors (Lipinski definition) is 4. The summed E-state index contributed by atoms with van der Waals surface area (Å²) >= 11 is 0. The van der Waals surface area contributed by atoms with Gasteiger partial charge in [0, 0.05) is 24.2 Å². The summed E-state index contributed by atoms with van der Waals surface area (Å²) in [5.74, 6) is -1.90. The molecule has 10 heteroatoms. The Morgan fingerprint density at radius 1 is 1.17 bits per heavy atom. The molecule has 2 aliphatic rings. The smallest absolute Gasteiger partial charge is 0.416 e. The zero-order valence-corrected chi connectivity index (χ0v) is 20.6. The first kappa shape index (κ1) is 27.0. The van der Waals surface area contributed by atoms with E-state index in [9.17, 15) is 32.7 Å². The molecule has 1 saturated carbocycles. The molecule has 0 bridgehead atoms. The van der Waals surface area contributed by atoms with Gasteiger partial charge in [0.1, 0.15) is 6.04 Å². The maximum absolute atomic E-state index is 13.3. The number of carboxylic acids is 1. The van der Waals surface area contributed by atoms with Crippen LogP contribution in [0.15, 0.2) is 24.3 Å². The average molecular weight is 498 g/mol. The Morgan fingerprint density at radius 3 is 2.46 bits per heavy atom. The van der Waals surface area contributed by atoms with Crippen molar-refractivity contribution in [3.05, 3.63) is 35.4 Å². The first-order valence-corrected chi connectivity index (χ1v) is 11.9. The van der Waals surface area contributed by atoms with Gasteiger partial charge in [0.25, 0.3) is 5.91 Å². The van der Waals surface area contributed by atoms with Crippen LogP contribution in [0.4, 0.5) is 13.2 Å². The number of hydrogen-bond donors (Lipinski definition) is 2. The lowest BCUT2D eigenvalue weighted by atomic mass is 9.72. The third-order valence-corrected chi connectivity index (χ3v) is 7.39. The Morgan fingerprint density at radius 2 is 1.86 bits per heavy atom. The van der Waals surface area contributed by atoms with E-state index in [1.807, 2.05) is 14.1 Å². The van der Waals surface area contributed by atoms with E-state index in [1.54, 1.807) is 18.7 Å². The lowest BCUT2D eigenvalue weighted by Gasteiger charge is -2.44. The van der Waals surface area contributed by atoms with Crippen molar-refractivity contribution in [1.82, 2.24) is 15.1 Å². The van der Waals surface area contributed by atoms with Crippen molar-refractivity contribution in [2.45, 2.75) is 70.3 Å². The van der Waals surface area contributed by atoms with E-state index in [4.69, 9.17) is 0 Å². The van der Waals surface area contributed by atoms with Crippen LogP contribution in [0.25, 0.3) is 0 Å². The molecule has 2 N–H and O–H groups in total. The molecule has 1 heterocycles. The summed E-state index contributed by atoms with van der Waals surface area (Å²) in [5, 5.41) is 12.3. The number of carbonyl (C=O) groups is 3. The molecule has 194 valence electrons. The number of amides is 2. The van der Waals surface area contributed by atoms with Crippen LogP contribution in [-0.2, 0) is 15.8 Å². The molecule has 3 rings (SSSR count). The number of nitrogens with zero attached hydrogens (tertiary/aromatic N) is 2. The van der Waals surface area contributed by atoms with E-state index < -0.39 is 35.1 Å². The molecule has 0 radical (unpaired) electrons. The number of rotatable bonds is 7. The molecule has 2 fully saturated rings. The average Bonchev–Trinajstić information content (AvgIpc) is 3.12. The predicted molar refractivity (Wildman–Crippen MR) is 124 cm³/mol. The standard InChI is InChI=1S/C25H34F3N3O4/c1-24(2,23(34)35)14-16-13-18(30(3)4)8-9-20(16)31-11-10-19(22(31)33)29-21(32)15-6-5-7-17(12-15)25(26,27)28/h5-7,12,16,18-20H,8-11,13-14H2,1-4H3,(H,29,32)(H,34,35)/t16-,18+,19?,20-/m0/s1. The summed E-state index contributed by atoms with van der Waals surface area (Å²) in [6, 6.07) is 3.44. The fraction of sp³-hybridized carbons (Fsp3) is 0.640. The third kappa shape index (κ3) is 6.15. The Labute approximate surface area is 203 Å². The van der Waals surface area contributed by atoms with Gasteiger partial charge in [-0.2, -0.15) is 13.2 Å². The zero-order chi connectivity index (χ0) is 26.1. The number of nitrogens with one attached hydrogen (secondary N) is 1. The Kier molecular flexibility index (Phi) is 7.83. The van der Waals surface area contributed by atoms with Gasteiger partial charge >= 0.3 is 12.1 Å². The van der Waals surface area contributed by atoms with Gasteiger partial charge in [-0.1, -0.05) is 6.07 Å². The third-order valence-electron chi connectivity index (χ3n) is 7.39. The normalized spacial score (nSPS) is 25.7. The summed E-state index contributed by atoms with van der Waals surface area (Å²) in [5.41, 5.74) is -2.03. The van der Waals surface area contributed by atoms with Gasteiger partial charge in [-0.3, -0.25) is 14.4 Å². The quantitative estimate of drug-likeness (QED) is 0.601. The lowest BCUT2D eigenvalue weighted by molar-refractivity contribution is -0.148. The second-order valence-electron chi connectivity index (χ2n) is 10.6. The summed E-state index contributed by atoms with van der Waals surface area (Å²) < 4.78 is 39.0. The SMILES string of the molecule is CN(C)[C@@H]1CC[C@H](N2CCC(NC(=O)c3cccc(C(F)(F)F)c3)C2=O)[C@H](CC(C)(C)C(=O)O)C1. The van der Waals surface area contributed by atoms with Gasteiger partial charge in [-0.15, -0.1) is 0 Å². The number of carbonyl (C=O) groups excluding carboxylic acids is 2. The van der Waals surface area contributed by atoms with Gasteiger partial charge in [-0.25, -0.2) is 0 Å². The second kappa shape index (κ2) is 10.2. The Balaban J connectivity index is 1.73. The molecule has 7 nitrogen and oxygen atoms in total. The van der Waals surface area contributed by atoms with Crippen molar-refractivity contribution in [2.24, 2.45) is 11.3 Å². The topological polar surface area (TPSA) is 90.0 Å². The van der Waals surface area contributed by atoms with E-state index in [0.717, 1.165) is 31.4 Å². The molecule has 0 aromatic heterocycles. The molecule has 4 atom stereocenters. The fourth-order valence-corrected chi connectivity index (χ4v) is 5.31.